The van der Waals surface area contributed by atoms with Gasteiger partial charge in [0.1, 0.15) is 0 Å². The molecule has 2 rings (SSSR count). The van der Waals surface area contributed by atoms with Crippen LogP contribution in [0.4, 0.5) is 0 Å². The molecule has 0 aliphatic rings. The second-order valence-corrected chi connectivity index (χ2v) is 6.51. The third-order valence-corrected chi connectivity index (χ3v) is 5.10. The predicted octanol–water partition coefficient (Wildman–Crippen LogP) is 2.79. The molecule has 1 unspecified atom stereocenters. The summed E-state index contributed by atoms with van der Waals surface area (Å²) < 4.78 is 1.34. The molecule has 1 nitrogen and oxygen atoms in total. The molecule has 88 valence electrons. The van der Waals surface area contributed by atoms with E-state index in [0.29, 0.717) is 15.0 Å². The standard InChI is InChI=1S/C14H14ClNSe/c15-12-6-8-13(9-7-12)17-10-14(16)11-4-2-1-3-5-11/h1-9,14H,10,16H2. The normalized spacial score (nSPS) is 12.4. The van der Waals surface area contributed by atoms with Gasteiger partial charge < -0.3 is 0 Å². The fraction of sp³-hybridized carbons (Fsp3) is 0.143. The van der Waals surface area contributed by atoms with E-state index in [2.05, 4.69) is 24.3 Å². The van der Waals surface area contributed by atoms with E-state index in [9.17, 15) is 0 Å². The Bertz CT molecular complexity index is 455. The first kappa shape index (κ1) is 12.7. The number of hydrogen-bond donors (Lipinski definition) is 1. The molecule has 0 bridgehead atoms. The summed E-state index contributed by atoms with van der Waals surface area (Å²) in [5, 5.41) is 1.80. The summed E-state index contributed by atoms with van der Waals surface area (Å²) in [5.41, 5.74) is 7.37. The van der Waals surface area contributed by atoms with Crippen LogP contribution in [0.25, 0.3) is 0 Å². The van der Waals surface area contributed by atoms with Gasteiger partial charge >= 0.3 is 113 Å². The Hall–Kier alpha value is -0.791. The van der Waals surface area contributed by atoms with E-state index in [4.69, 9.17) is 17.3 Å². The van der Waals surface area contributed by atoms with Crippen LogP contribution in [-0.4, -0.2) is 15.0 Å². The Kier molecular flexibility index (Phi) is 4.64. The second kappa shape index (κ2) is 6.23. The van der Waals surface area contributed by atoms with Crippen molar-refractivity contribution < 1.29 is 0 Å². The molecular weight excluding hydrogens is 297 g/mol. The number of rotatable bonds is 4. The van der Waals surface area contributed by atoms with Crippen LogP contribution in [0.15, 0.2) is 54.6 Å². The molecule has 2 aromatic carbocycles. The second-order valence-electron chi connectivity index (χ2n) is 3.78. The summed E-state index contributed by atoms with van der Waals surface area (Å²) in [7, 11) is 0. The van der Waals surface area contributed by atoms with Crippen LogP contribution in [-0.2, 0) is 0 Å². The third-order valence-electron chi connectivity index (χ3n) is 2.47. The molecule has 0 fully saturated rings. The van der Waals surface area contributed by atoms with E-state index in [0.717, 1.165) is 10.3 Å². The van der Waals surface area contributed by atoms with Crippen molar-refractivity contribution in [2.45, 2.75) is 11.4 Å². The Labute approximate surface area is 113 Å². The predicted molar refractivity (Wildman–Crippen MR) is 75.0 cm³/mol. The van der Waals surface area contributed by atoms with Crippen LogP contribution in [0, 0.1) is 0 Å². The molecule has 0 aliphatic heterocycles. The van der Waals surface area contributed by atoms with Crippen molar-refractivity contribution in [1.82, 2.24) is 0 Å². The minimum atomic E-state index is 0.131. The number of halogens is 1. The van der Waals surface area contributed by atoms with E-state index >= 15 is 0 Å². The SMILES string of the molecule is NC(C[Se]c1ccc(Cl)cc1)c1ccccc1. The molecule has 2 aromatic rings. The van der Waals surface area contributed by atoms with E-state index in [1.54, 1.807) is 0 Å². The van der Waals surface area contributed by atoms with Crippen molar-refractivity contribution in [2.24, 2.45) is 5.73 Å². The Balaban J connectivity index is 1.92. The maximum absolute atomic E-state index is 6.16. The van der Waals surface area contributed by atoms with E-state index in [1.165, 1.54) is 10.0 Å². The average molecular weight is 311 g/mol. The zero-order valence-electron chi connectivity index (χ0n) is 9.34. The molecular formula is C14H14ClNSe. The molecule has 0 saturated heterocycles. The molecule has 0 heterocycles. The van der Waals surface area contributed by atoms with Crippen molar-refractivity contribution >= 4 is 31.0 Å². The van der Waals surface area contributed by atoms with Crippen LogP contribution in [0.5, 0.6) is 0 Å². The fourth-order valence-corrected chi connectivity index (χ4v) is 3.51. The van der Waals surface area contributed by atoms with Gasteiger partial charge in [0.25, 0.3) is 0 Å². The van der Waals surface area contributed by atoms with Crippen molar-refractivity contribution in [3.05, 3.63) is 65.2 Å². The van der Waals surface area contributed by atoms with Gasteiger partial charge in [-0.05, 0) is 0 Å². The van der Waals surface area contributed by atoms with Gasteiger partial charge in [-0.1, -0.05) is 0 Å². The van der Waals surface area contributed by atoms with Crippen molar-refractivity contribution in [3.63, 3.8) is 0 Å². The summed E-state index contributed by atoms with van der Waals surface area (Å²) in [5.74, 6) is 0. The molecule has 0 aliphatic carbocycles. The van der Waals surface area contributed by atoms with Gasteiger partial charge in [-0.2, -0.15) is 0 Å². The van der Waals surface area contributed by atoms with E-state index < -0.39 is 0 Å². The van der Waals surface area contributed by atoms with Crippen LogP contribution < -0.4 is 10.2 Å². The van der Waals surface area contributed by atoms with Crippen molar-refractivity contribution in [3.8, 4) is 0 Å². The summed E-state index contributed by atoms with van der Waals surface area (Å²) >= 11 is 6.26. The minimum absolute atomic E-state index is 0.131. The quantitative estimate of drug-likeness (QED) is 0.864. The van der Waals surface area contributed by atoms with Crippen LogP contribution >= 0.6 is 11.6 Å². The zero-order valence-corrected chi connectivity index (χ0v) is 11.8. The van der Waals surface area contributed by atoms with Gasteiger partial charge in [0.15, 0.2) is 0 Å². The fourth-order valence-electron chi connectivity index (χ4n) is 1.51. The molecule has 2 N–H and O–H groups in total. The van der Waals surface area contributed by atoms with Gasteiger partial charge in [-0.15, -0.1) is 0 Å². The first-order valence-electron chi connectivity index (χ1n) is 5.44. The molecule has 0 spiro atoms. The summed E-state index contributed by atoms with van der Waals surface area (Å²) in [4.78, 5) is 0. The molecule has 1 atom stereocenters. The average Bonchev–Trinajstić information content (AvgIpc) is 2.39. The van der Waals surface area contributed by atoms with Crippen molar-refractivity contribution in [1.29, 1.82) is 0 Å². The third kappa shape index (κ3) is 3.86. The Morgan fingerprint density at radius 1 is 1.00 bits per heavy atom. The summed E-state index contributed by atoms with van der Waals surface area (Å²) in [6, 6.07) is 18.4. The molecule has 0 aromatic heterocycles. The molecule has 3 heteroatoms. The maximum atomic E-state index is 6.16. The van der Waals surface area contributed by atoms with E-state index in [1.807, 2.05) is 30.3 Å². The van der Waals surface area contributed by atoms with Crippen LogP contribution in [0.1, 0.15) is 11.6 Å². The zero-order chi connectivity index (χ0) is 12.1. The Morgan fingerprint density at radius 3 is 2.29 bits per heavy atom. The topological polar surface area (TPSA) is 26.0 Å². The molecule has 0 amide bonds. The van der Waals surface area contributed by atoms with Crippen LogP contribution in [0.2, 0.25) is 10.3 Å². The number of hydrogen-bond acceptors (Lipinski definition) is 1. The first-order valence-corrected chi connectivity index (χ1v) is 7.89. The summed E-state index contributed by atoms with van der Waals surface area (Å²) in [6.07, 6.45) is 0. The molecule has 0 saturated carbocycles. The molecule has 17 heavy (non-hydrogen) atoms. The summed E-state index contributed by atoms with van der Waals surface area (Å²) in [6.45, 7) is 0. The number of benzene rings is 2. The number of nitrogens with two attached hydrogens (primary N) is 1. The monoisotopic (exact) mass is 311 g/mol. The van der Waals surface area contributed by atoms with Gasteiger partial charge in [0.05, 0.1) is 0 Å². The van der Waals surface area contributed by atoms with E-state index in [-0.39, 0.29) is 6.04 Å². The van der Waals surface area contributed by atoms with Crippen molar-refractivity contribution in [2.75, 3.05) is 0 Å². The van der Waals surface area contributed by atoms with Gasteiger partial charge in [-0.3, -0.25) is 0 Å². The Morgan fingerprint density at radius 2 is 1.65 bits per heavy atom. The first-order chi connectivity index (χ1) is 8.25. The molecule has 0 radical (unpaired) electrons. The van der Waals surface area contributed by atoms with Gasteiger partial charge in [-0.25, -0.2) is 0 Å². The van der Waals surface area contributed by atoms with Gasteiger partial charge in [0.2, 0.25) is 0 Å². The van der Waals surface area contributed by atoms with Gasteiger partial charge in [0, 0.05) is 0 Å². The van der Waals surface area contributed by atoms with Crippen LogP contribution in [0.3, 0.4) is 0 Å².